The molecular formula is C28H28N4O4. The van der Waals surface area contributed by atoms with Crippen molar-refractivity contribution in [2.45, 2.75) is 32.1 Å². The van der Waals surface area contributed by atoms with Crippen molar-refractivity contribution in [3.05, 3.63) is 89.7 Å². The molecular weight excluding hydrogens is 456 g/mol. The first-order chi connectivity index (χ1) is 17.5. The van der Waals surface area contributed by atoms with E-state index in [-0.39, 0.29) is 24.9 Å². The van der Waals surface area contributed by atoms with Crippen molar-refractivity contribution in [1.82, 2.24) is 19.8 Å². The number of imidazole rings is 1. The number of ether oxygens (including phenoxy) is 2. The monoisotopic (exact) mass is 484 g/mol. The molecule has 0 radical (unpaired) electrons. The predicted octanol–water partition coefficient (Wildman–Crippen LogP) is 3.78. The van der Waals surface area contributed by atoms with Gasteiger partial charge < -0.3 is 24.3 Å². The lowest BCUT2D eigenvalue weighted by Crippen LogP contribution is -2.63. The number of benzene rings is 3. The van der Waals surface area contributed by atoms with Crippen molar-refractivity contribution in [2.75, 3.05) is 14.2 Å². The molecule has 8 nitrogen and oxygen atoms in total. The number of amides is 2. The summed E-state index contributed by atoms with van der Waals surface area (Å²) in [5.41, 5.74) is 2.06. The average molecular weight is 485 g/mol. The van der Waals surface area contributed by atoms with Crippen molar-refractivity contribution >= 4 is 22.8 Å². The van der Waals surface area contributed by atoms with E-state index >= 15 is 0 Å². The molecule has 1 atom stereocenters. The zero-order valence-electron chi connectivity index (χ0n) is 20.5. The number of nitrogens with zero attached hydrogens (tertiary/aromatic N) is 3. The number of nitrogens with one attached hydrogen (secondary N) is 1. The van der Waals surface area contributed by atoms with E-state index in [0.717, 1.165) is 16.6 Å². The van der Waals surface area contributed by atoms with Crippen molar-refractivity contribution < 1.29 is 19.1 Å². The standard InChI is InChI=1S/C28H28N4O4/c1-28(27(34)29-16-19-10-5-4-6-11-19)18-31-22-14-8-7-13-21(22)30-25(31)26(33)32(28)17-20-12-9-15-23(35-2)24(20)36-3/h4-15H,16-18H2,1-3H3,(H,29,34)/t28-/m0/s1. The molecule has 4 aromatic rings. The Kier molecular flexibility index (Phi) is 6.10. The normalized spacial score (nSPS) is 17.1. The molecule has 0 spiro atoms. The minimum atomic E-state index is -1.18. The maximum atomic E-state index is 13.9. The van der Waals surface area contributed by atoms with Crippen molar-refractivity contribution in [2.24, 2.45) is 0 Å². The third kappa shape index (κ3) is 3.94. The summed E-state index contributed by atoms with van der Waals surface area (Å²) in [5, 5.41) is 3.05. The summed E-state index contributed by atoms with van der Waals surface area (Å²) in [5.74, 6) is 0.830. The number of methoxy groups -OCH3 is 2. The molecule has 1 N–H and O–H groups in total. The van der Waals surface area contributed by atoms with Gasteiger partial charge in [0, 0.05) is 12.1 Å². The van der Waals surface area contributed by atoms with Crippen LogP contribution in [0.3, 0.4) is 0 Å². The van der Waals surface area contributed by atoms with Gasteiger partial charge in [-0.3, -0.25) is 9.59 Å². The topological polar surface area (TPSA) is 85.7 Å². The van der Waals surface area contributed by atoms with Gasteiger partial charge in [-0.1, -0.05) is 54.6 Å². The number of carbonyl (C=O) groups is 2. The number of hydrogen-bond donors (Lipinski definition) is 1. The molecule has 2 amide bonds. The van der Waals surface area contributed by atoms with Crippen LogP contribution in [-0.2, 0) is 24.4 Å². The van der Waals surface area contributed by atoms with Gasteiger partial charge in [-0.05, 0) is 30.7 Å². The van der Waals surface area contributed by atoms with Gasteiger partial charge in [0.2, 0.25) is 5.91 Å². The third-order valence-electron chi connectivity index (χ3n) is 6.75. The molecule has 0 bridgehead atoms. The molecule has 1 aromatic heterocycles. The van der Waals surface area contributed by atoms with Crippen LogP contribution in [0.5, 0.6) is 11.5 Å². The van der Waals surface area contributed by atoms with Crippen LogP contribution in [0, 0.1) is 0 Å². The van der Waals surface area contributed by atoms with Crippen LogP contribution in [-0.4, -0.2) is 46.0 Å². The van der Waals surface area contributed by atoms with Gasteiger partial charge in [0.15, 0.2) is 17.3 Å². The zero-order valence-corrected chi connectivity index (χ0v) is 20.5. The van der Waals surface area contributed by atoms with Crippen LogP contribution in [0.4, 0.5) is 0 Å². The number of hydrogen-bond acceptors (Lipinski definition) is 5. The molecule has 8 heteroatoms. The first kappa shape index (κ1) is 23.4. The van der Waals surface area contributed by atoms with Gasteiger partial charge in [0.05, 0.1) is 38.3 Å². The van der Waals surface area contributed by atoms with Crippen LogP contribution in [0.15, 0.2) is 72.8 Å². The fourth-order valence-corrected chi connectivity index (χ4v) is 4.79. The summed E-state index contributed by atoms with van der Waals surface area (Å²) in [6.07, 6.45) is 0. The largest absolute Gasteiger partial charge is 0.493 e. The van der Waals surface area contributed by atoms with Gasteiger partial charge >= 0.3 is 0 Å². The first-order valence-electron chi connectivity index (χ1n) is 11.8. The minimum absolute atomic E-state index is 0.150. The van der Waals surface area contributed by atoms with E-state index in [9.17, 15) is 9.59 Å². The summed E-state index contributed by atoms with van der Waals surface area (Å²) >= 11 is 0. The number of carbonyl (C=O) groups excluding carboxylic acids is 2. The van der Waals surface area contributed by atoms with Gasteiger partial charge in [-0.2, -0.15) is 0 Å². The highest BCUT2D eigenvalue weighted by Gasteiger charge is 2.48. The summed E-state index contributed by atoms with van der Waals surface area (Å²) in [7, 11) is 3.13. The van der Waals surface area contributed by atoms with Crippen LogP contribution in [0.25, 0.3) is 11.0 Å². The summed E-state index contributed by atoms with van der Waals surface area (Å²) in [4.78, 5) is 33.9. The molecule has 184 valence electrons. The minimum Gasteiger partial charge on any atom is -0.493 e. The highest BCUT2D eigenvalue weighted by atomic mass is 16.5. The Bertz CT molecular complexity index is 1430. The van der Waals surface area contributed by atoms with Crippen LogP contribution < -0.4 is 14.8 Å². The number of para-hydroxylation sites is 3. The zero-order chi connectivity index (χ0) is 25.3. The Morgan fingerprint density at radius 1 is 1.00 bits per heavy atom. The molecule has 36 heavy (non-hydrogen) atoms. The Morgan fingerprint density at radius 3 is 2.50 bits per heavy atom. The summed E-state index contributed by atoms with van der Waals surface area (Å²) < 4.78 is 12.9. The lowest BCUT2D eigenvalue weighted by atomic mass is 9.94. The van der Waals surface area contributed by atoms with E-state index in [2.05, 4.69) is 10.3 Å². The van der Waals surface area contributed by atoms with Gasteiger partial charge in [-0.15, -0.1) is 0 Å². The first-order valence-corrected chi connectivity index (χ1v) is 11.8. The molecule has 1 aliphatic rings. The Morgan fingerprint density at radius 2 is 1.75 bits per heavy atom. The maximum Gasteiger partial charge on any atom is 0.291 e. The molecule has 0 unspecified atom stereocenters. The van der Waals surface area contributed by atoms with Gasteiger partial charge in [0.25, 0.3) is 5.91 Å². The van der Waals surface area contributed by atoms with Crippen LogP contribution >= 0.6 is 0 Å². The lowest BCUT2D eigenvalue weighted by molar-refractivity contribution is -0.133. The molecule has 0 saturated carbocycles. The second kappa shape index (κ2) is 9.37. The third-order valence-corrected chi connectivity index (χ3v) is 6.75. The number of aromatic nitrogens is 2. The second-order valence-electron chi connectivity index (χ2n) is 9.00. The van der Waals surface area contributed by atoms with Gasteiger partial charge in [0.1, 0.15) is 5.54 Å². The molecule has 0 aliphatic carbocycles. The number of fused-ring (bicyclic) bond motifs is 3. The fourth-order valence-electron chi connectivity index (χ4n) is 4.79. The number of rotatable bonds is 7. The smallest absolute Gasteiger partial charge is 0.291 e. The van der Waals surface area contributed by atoms with E-state index in [0.29, 0.717) is 29.4 Å². The predicted molar refractivity (Wildman–Crippen MR) is 136 cm³/mol. The summed E-state index contributed by atoms with van der Waals surface area (Å²) in [6, 6.07) is 22.8. The van der Waals surface area contributed by atoms with Crippen LogP contribution in [0.1, 0.15) is 28.7 Å². The van der Waals surface area contributed by atoms with Gasteiger partial charge in [-0.25, -0.2) is 4.98 Å². The van der Waals surface area contributed by atoms with E-state index in [1.165, 1.54) is 0 Å². The van der Waals surface area contributed by atoms with E-state index in [4.69, 9.17) is 9.47 Å². The van der Waals surface area contributed by atoms with E-state index in [1.807, 2.05) is 71.3 Å². The second-order valence-corrected chi connectivity index (χ2v) is 9.00. The molecule has 3 aromatic carbocycles. The Hall–Kier alpha value is -4.33. The highest BCUT2D eigenvalue weighted by molar-refractivity contribution is 6.01. The van der Waals surface area contributed by atoms with E-state index in [1.54, 1.807) is 32.1 Å². The van der Waals surface area contributed by atoms with Crippen molar-refractivity contribution in [3.63, 3.8) is 0 Å². The fraction of sp³-hybridized carbons (Fsp3) is 0.250. The van der Waals surface area contributed by atoms with Crippen molar-refractivity contribution in [3.8, 4) is 11.5 Å². The molecule has 2 heterocycles. The molecule has 5 rings (SSSR count). The quantitative estimate of drug-likeness (QED) is 0.432. The molecule has 0 fully saturated rings. The maximum absolute atomic E-state index is 13.9. The summed E-state index contributed by atoms with van der Waals surface area (Å²) in [6.45, 7) is 2.58. The Balaban J connectivity index is 1.56. The average Bonchev–Trinajstić information content (AvgIpc) is 3.28. The van der Waals surface area contributed by atoms with Crippen LogP contribution in [0.2, 0.25) is 0 Å². The van der Waals surface area contributed by atoms with E-state index < -0.39 is 5.54 Å². The highest BCUT2D eigenvalue weighted by Crippen LogP contribution is 2.36. The lowest BCUT2D eigenvalue weighted by Gasteiger charge is -2.43. The Labute approximate surface area is 209 Å². The SMILES string of the molecule is COc1cccc(CN2C(=O)c3nc4ccccc4n3C[C@@]2(C)C(=O)NCc2ccccc2)c1OC. The molecule has 1 aliphatic heterocycles. The van der Waals surface area contributed by atoms with Crippen molar-refractivity contribution in [1.29, 1.82) is 0 Å². The molecule has 0 saturated heterocycles.